The molecule has 134 valence electrons. The molecule has 0 aromatic rings. The maximum Gasteiger partial charge on any atom is 0.145 e. The Morgan fingerprint density at radius 3 is 2.13 bits per heavy atom. The van der Waals surface area contributed by atoms with Crippen molar-refractivity contribution >= 4 is 12.6 Å². The Labute approximate surface area is 142 Å². The smallest absolute Gasteiger partial charge is 0.145 e. The molecule has 0 saturated carbocycles. The normalized spacial score (nSPS) is 11.1. The van der Waals surface area contributed by atoms with E-state index >= 15 is 0 Å². The summed E-state index contributed by atoms with van der Waals surface area (Å²) in [5, 5.41) is 3.41. The van der Waals surface area contributed by atoms with Crippen LogP contribution in [0.15, 0.2) is 12.4 Å². The van der Waals surface area contributed by atoms with E-state index in [1.54, 1.807) is 0 Å². The van der Waals surface area contributed by atoms with Gasteiger partial charge in [0.1, 0.15) is 12.6 Å². The zero-order chi connectivity index (χ0) is 17.6. The van der Waals surface area contributed by atoms with Gasteiger partial charge in [0.05, 0.1) is 11.4 Å². The van der Waals surface area contributed by atoms with Crippen molar-refractivity contribution in [2.75, 3.05) is 13.6 Å². The van der Waals surface area contributed by atoms with E-state index in [0.717, 1.165) is 82.7 Å². The van der Waals surface area contributed by atoms with Crippen LogP contribution in [0, 0.1) is 0 Å². The summed E-state index contributed by atoms with van der Waals surface area (Å²) >= 11 is 0. The van der Waals surface area contributed by atoms with Gasteiger partial charge in [0.25, 0.3) is 0 Å². The fraction of sp³-hybridized carbons (Fsp3) is 0.789. The number of hydrogen-bond acceptors (Lipinski definition) is 4. The number of aldehydes is 2. The van der Waals surface area contributed by atoms with Gasteiger partial charge in [0, 0.05) is 20.0 Å². The molecule has 0 aliphatic heterocycles. The molecule has 0 aromatic carbocycles. The van der Waals surface area contributed by atoms with Crippen LogP contribution in [0.2, 0.25) is 0 Å². The van der Waals surface area contributed by atoms with Gasteiger partial charge in [-0.3, -0.25) is 0 Å². The molecule has 0 fully saturated rings. The van der Waals surface area contributed by atoms with E-state index in [1.165, 1.54) is 0 Å². The number of nitrogens with zero attached hydrogens (tertiary/aromatic N) is 1. The predicted octanol–water partition coefficient (Wildman–Crippen LogP) is 4.06. The predicted molar refractivity (Wildman–Crippen MR) is 97.3 cm³/mol. The molecular weight excluding hydrogens is 288 g/mol. The van der Waals surface area contributed by atoms with E-state index in [4.69, 9.17) is 0 Å². The van der Waals surface area contributed by atoms with Crippen molar-refractivity contribution in [2.24, 2.45) is 0 Å². The molecule has 0 aliphatic rings. The fourth-order valence-electron chi connectivity index (χ4n) is 2.65. The minimum absolute atomic E-state index is 0.477. The Morgan fingerprint density at radius 2 is 1.65 bits per heavy atom. The monoisotopic (exact) mass is 324 g/mol. The highest BCUT2D eigenvalue weighted by atomic mass is 16.1. The van der Waals surface area contributed by atoms with Crippen molar-refractivity contribution in [1.29, 1.82) is 0 Å². The molecule has 0 bridgehead atoms. The average molecular weight is 325 g/mol. The lowest BCUT2D eigenvalue weighted by Crippen LogP contribution is -2.49. The molecule has 0 spiro atoms. The van der Waals surface area contributed by atoms with Crippen molar-refractivity contribution in [2.45, 2.75) is 83.6 Å². The van der Waals surface area contributed by atoms with Crippen LogP contribution in [0.3, 0.4) is 0 Å². The molecule has 4 nitrogen and oxygen atoms in total. The number of carbonyl (C=O) groups excluding carboxylic acids is 2. The lowest BCUT2D eigenvalue weighted by molar-refractivity contribution is -0.114. The van der Waals surface area contributed by atoms with E-state index in [-0.39, 0.29) is 0 Å². The highest BCUT2D eigenvalue weighted by Crippen LogP contribution is 2.21. The summed E-state index contributed by atoms with van der Waals surface area (Å²) in [6, 6.07) is 0. The molecule has 0 heterocycles. The van der Waals surface area contributed by atoms with Crippen LogP contribution < -0.4 is 5.32 Å². The number of carbonyl (C=O) groups is 2. The largest absolute Gasteiger partial charge is 0.362 e. The van der Waals surface area contributed by atoms with Crippen molar-refractivity contribution in [3.8, 4) is 0 Å². The van der Waals surface area contributed by atoms with Crippen LogP contribution in [0.1, 0.15) is 78.1 Å². The van der Waals surface area contributed by atoms with Gasteiger partial charge in [-0.05, 0) is 25.7 Å². The van der Waals surface area contributed by atoms with Crippen molar-refractivity contribution in [3.05, 3.63) is 12.4 Å². The van der Waals surface area contributed by atoms with E-state index in [1.807, 2.05) is 7.05 Å². The molecule has 0 aliphatic carbocycles. The maximum absolute atomic E-state index is 11.8. The minimum Gasteiger partial charge on any atom is -0.362 e. The highest BCUT2D eigenvalue weighted by molar-refractivity contribution is 5.64. The van der Waals surface area contributed by atoms with Gasteiger partial charge in [0.15, 0.2) is 0 Å². The third-order valence-electron chi connectivity index (χ3n) is 4.35. The Balaban J connectivity index is 4.48. The molecular formula is C19H36N2O2. The molecule has 4 heteroatoms. The van der Waals surface area contributed by atoms with Crippen molar-refractivity contribution in [1.82, 2.24) is 10.2 Å². The first-order chi connectivity index (χ1) is 11.0. The van der Waals surface area contributed by atoms with Crippen LogP contribution in [-0.2, 0) is 9.59 Å². The van der Waals surface area contributed by atoms with Gasteiger partial charge in [-0.2, -0.15) is 0 Å². The summed E-state index contributed by atoms with van der Waals surface area (Å²) in [6.07, 6.45) is 11.7. The first-order valence-corrected chi connectivity index (χ1v) is 9.13. The second kappa shape index (κ2) is 13.1. The van der Waals surface area contributed by atoms with E-state index in [0.29, 0.717) is 6.42 Å². The first-order valence-electron chi connectivity index (χ1n) is 9.13. The standard InChI is InChI=1S/C19H36N2O2/c1-5-7-13-19(17-23,14-8-6-2)20-18(3)21(4)15-11-9-10-12-16-22/h16-17,20H,3,5-15H2,1-2,4H3. The molecule has 0 unspecified atom stereocenters. The molecule has 23 heavy (non-hydrogen) atoms. The molecule has 0 radical (unpaired) electrons. The molecule has 0 amide bonds. The Morgan fingerprint density at radius 1 is 1.04 bits per heavy atom. The summed E-state index contributed by atoms with van der Waals surface area (Å²) in [6.45, 7) is 9.31. The number of hydrogen-bond donors (Lipinski definition) is 1. The maximum atomic E-state index is 11.8. The van der Waals surface area contributed by atoms with Crippen LogP contribution in [0.5, 0.6) is 0 Å². The molecule has 0 atom stereocenters. The van der Waals surface area contributed by atoms with Crippen LogP contribution in [0.4, 0.5) is 0 Å². The summed E-state index contributed by atoms with van der Waals surface area (Å²) in [5.41, 5.74) is -0.477. The second-order valence-electron chi connectivity index (χ2n) is 6.49. The summed E-state index contributed by atoms with van der Waals surface area (Å²) < 4.78 is 0. The molecule has 0 saturated heterocycles. The lowest BCUT2D eigenvalue weighted by atomic mass is 9.88. The van der Waals surface area contributed by atoms with Crippen LogP contribution in [0.25, 0.3) is 0 Å². The van der Waals surface area contributed by atoms with E-state index in [2.05, 4.69) is 30.6 Å². The minimum atomic E-state index is -0.477. The number of nitrogens with one attached hydrogen (secondary N) is 1. The third kappa shape index (κ3) is 9.42. The van der Waals surface area contributed by atoms with E-state index < -0.39 is 5.54 Å². The zero-order valence-corrected chi connectivity index (χ0v) is 15.4. The third-order valence-corrected chi connectivity index (χ3v) is 4.35. The zero-order valence-electron chi connectivity index (χ0n) is 15.4. The van der Waals surface area contributed by atoms with Crippen molar-refractivity contribution in [3.63, 3.8) is 0 Å². The quantitative estimate of drug-likeness (QED) is 0.344. The van der Waals surface area contributed by atoms with E-state index in [9.17, 15) is 9.59 Å². The van der Waals surface area contributed by atoms with Crippen LogP contribution in [-0.4, -0.2) is 36.6 Å². The topological polar surface area (TPSA) is 49.4 Å². The Bertz CT molecular complexity index is 334. The van der Waals surface area contributed by atoms with Crippen LogP contribution >= 0.6 is 0 Å². The summed E-state index contributed by atoms with van der Waals surface area (Å²) in [7, 11) is 2.00. The number of unbranched alkanes of at least 4 members (excludes halogenated alkanes) is 5. The molecule has 0 aromatic heterocycles. The summed E-state index contributed by atoms with van der Waals surface area (Å²) in [5.74, 6) is 0.819. The van der Waals surface area contributed by atoms with Crippen molar-refractivity contribution < 1.29 is 9.59 Å². The molecule has 1 N–H and O–H groups in total. The highest BCUT2D eigenvalue weighted by Gasteiger charge is 2.29. The van der Waals surface area contributed by atoms with Gasteiger partial charge in [-0.25, -0.2) is 0 Å². The van der Waals surface area contributed by atoms with Gasteiger partial charge < -0.3 is 19.8 Å². The van der Waals surface area contributed by atoms with Gasteiger partial charge >= 0.3 is 0 Å². The first kappa shape index (κ1) is 21.7. The summed E-state index contributed by atoms with van der Waals surface area (Å²) in [4.78, 5) is 24.2. The fourth-order valence-corrected chi connectivity index (χ4v) is 2.65. The van der Waals surface area contributed by atoms with Gasteiger partial charge in [-0.1, -0.05) is 52.5 Å². The van der Waals surface area contributed by atoms with Gasteiger partial charge in [0.2, 0.25) is 0 Å². The average Bonchev–Trinajstić information content (AvgIpc) is 2.56. The Kier molecular flexibility index (Phi) is 12.4. The Hall–Kier alpha value is -1.32. The number of rotatable bonds is 16. The van der Waals surface area contributed by atoms with Gasteiger partial charge in [-0.15, -0.1) is 0 Å². The molecule has 0 rings (SSSR count). The SMILES string of the molecule is C=C(NC(C=O)(CCCC)CCCC)N(C)CCCCCC=O. The lowest BCUT2D eigenvalue weighted by Gasteiger charge is -2.35. The second-order valence-corrected chi connectivity index (χ2v) is 6.49.